The first-order chi connectivity index (χ1) is 14.9. The topological polar surface area (TPSA) is 45.7 Å². The van der Waals surface area contributed by atoms with Gasteiger partial charge in [-0.25, -0.2) is 13.8 Å². The molecule has 0 aliphatic heterocycles. The van der Waals surface area contributed by atoms with Crippen molar-refractivity contribution in [2.75, 3.05) is 43.9 Å². The fourth-order valence-electron chi connectivity index (χ4n) is 3.06. The summed E-state index contributed by atoms with van der Waals surface area (Å²) in [5, 5.41) is 0.381. The molecule has 0 radical (unpaired) electrons. The highest BCUT2D eigenvalue weighted by atomic mass is 32.2. The van der Waals surface area contributed by atoms with Crippen LogP contribution >= 0.6 is 23.1 Å². The van der Waals surface area contributed by atoms with Crippen LogP contribution in [0.2, 0.25) is 0 Å². The Labute approximate surface area is 189 Å². The van der Waals surface area contributed by atoms with Crippen molar-refractivity contribution in [3.05, 3.63) is 48.0 Å². The van der Waals surface area contributed by atoms with E-state index in [0.717, 1.165) is 41.1 Å². The molecule has 31 heavy (non-hydrogen) atoms. The van der Waals surface area contributed by atoms with Gasteiger partial charge >= 0.3 is 0 Å². The van der Waals surface area contributed by atoms with Crippen molar-refractivity contribution >= 4 is 44.4 Å². The Balaban J connectivity index is 1.81. The molecule has 9 heteroatoms. The highest BCUT2D eigenvalue weighted by Gasteiger charge is 2.22. The maximum atomic E-state index is 14.2. The summed E-state index contributed by atoms with van der Waals surface area (Å²) in [7, 11) is 1.60. The monoisotopic (exact) mass is 465 g/mol. The number of halogens is 2. The summed E-state index contributed by atoms with van der Waals surface area (Å²) < 4.78 is 33.3. The van der Waals surface area contributed by atoms with Gasteiger partial charge in [0.2, 0.25) is 5.91 Å². The fourth-order valence-corrected chi connectivity index (χ4v) is 4.89. The Morgan fingerprint density at radius 2 is 1.84 bits per heavy atom. The van der Waals surface area contributed by atoms with E-state index >= 15 is 0 Å². The Hall–Kier alpha value is -2.23. The first-order valence-electron chi connectivity index (χ1n) is 10.00. The SMILES string of the molecule is CCN(CC)CCN(C(=O)CSc1ccc(OC)cc1)c1nc2c(F)cc(F)cc2s1. The maximum absolute atomic E-state index is 14.2. The molecule has 2 aromatic carbocycles. The predicted molar refractivity (Wildman–Crippen MR) is 123 cm³/mol. The summed E-state index contributed by atoms with van der Waals surface area (Å²) >= 11 is 2.54. The van der Waals surface area contributed by atoms with E-state index in [2.05, 4.69) is 23.7 Å². The van der Waals surface area contributed by atoms with Crippen LogP contribution in [0, 0.1) is 11.6 Å². The van der Waals surface area contributed by atoms with E-state index in [0.29, 0.717) is 22.9 Å². The molecule has 0 aliphatic carbocycles. The van der Waals surface area contributed by atoms with Gasteiger partial charge in [-0.3, -0.25) is 9.69 Å². The van der Waals surface area contributed by atoms with Gasteiger partial charge in [0.05, 0.1) is 17.6 Å². The van der Waals surface area contributed by atoms with Gasteiger partial charge in [-0.2, -0.15) is 0 Å². The Morgan fingerprint density at radius 3 is 2.48 bits per heavy atom. The van der Waals surface area contributed by atoms with Crippen molar-refractivity contribution < 1.29 is 18.3 Å². The van der Waals surface area contributed by atoms with E-state index in [1.54, 1.807) is 12.0 Å². The number of carbonyl (C=O) groups is 1. The largest absolute Gasteiger partial charge is 0.497 e. The quantitative estimate of drug-likeness (QED) is 0.392. The molecule has 3 aromatic rings. The Morgan fingerprint density at radius 1 is 1.13 bits per heavy atom. The highest BCUT2D eigenvalue weighted by molar-refractivity contribution is 8.00. The first-order valence-corrected chi connectivity index (χ1v) is 11.8. The number of aromatic nitrogens is 1. The lowest BCUT2D eigenvalue weighted by atomic mass is 10.3. The Bertz CT molecular complexity index is 1020. The standard InChI is InChI=1S/C22H25F2N3O2S2/c1-4-26(5-2)10-11-27(20(28)14-30-17-8-6-16(29-3)7-9-17)22-25-21-18(24)12-15(23)13-19(21)31-22/h6-9,12-13H,4-5,10-11,14H2,1-3H3. The molecule has 166 valence electrons. The molecule has 3 rings (SSSR count). The van der Waals surface area contributed by atoms with Crippen LogP contribution in [0.4, 0.5) is 13.9 Å². The van der Waals surface area contributed by atoms with Crippen molar-refractivity contribution in [1.29, 1.82) is 0 Å². The Kier molecular flexibility index (Phi) is 8.22. The number of anilines is 1. The fraction of sp³-hybridized carbons (Fsp3) is 0.364. The lowest BCUT2D eigenvalue weighted by Gasteiger charge is -2.24. The second-order valence-electron chi connectivity index (χ2n) is 6.77. The molecule has 1 heterocycles. The van der Waals surface area contributed by atoms with E-state index in [9.17, 15) is 13.6 Å². The number of thiazole rings is 1. The molecule has 1 amide bonds. The van der Waals surface area contributed by atoms with Gasteiger partial charge < -0.3 is 9.64 Å². The van der Waals surface area contributed by atoms with Gasteiger partial charge in [0, 0.05) is 24.1 Å². The van der Waals surface area contributed by atoms with Crippen LogP contribution in [0.15, 0.2) is 41.3 Å². The lowest BCUT2D eigenvalue weighted by molar-refractivity contribution is -0.116. The van der Waals surface area contributed by atoms with Crippen molar-refractivity contribution in [1.82, 2.24) is 9.88 Å². The molecule has 5 nitrogen and oxygen atoms in total. The predicted octanol–water partition coefficient (Wildman–Crippen LogP) is 5.05. The van der Waals surface area contributed by atoms with E-state index < -0.39 is 11.6 Å². The van der Waals surface area contributed by atoms with Crippen LogP contribution in [-0.2, 0) is 4.79 Å². The number of likely N-dealkylation sites (N-methyl/N-ethyl adjacent to an activating group) is 1. The third-order valence-electron chi connectivity index (χ3n) is 4.89. The van der Waals surface area contributed by atoms with E-state index in [4.69, 9.17) is 4.74 Å². The van der Waals surface area contributed by atoms with Gasteiger partial charge in [0.1, 0.15) is 17.1 Å². The van der Waals surface area contributed by atoms with Crippen LogP contribution in [0.3, 0.4) is 0 Å². The summed E-state index contributed by atoms with van der Waals surface area (Å²) in [6, 6.07) is 9.54. The molecular formula is C22H25F2N3O2S2. The zero-order chi connectivity index (χ0) is 22.4. The number of ether oxygens (including phenoxy) is 1. The molecule has 0 spiro atoms. The summed E-state index contributed by atoms with van der Waals surface area (Å²) in [6.45, 7) is 6.93. The molecule has 0 atom stereocenters. The summed E-state index contributed by atoms with van der Waals surface area (Å²) in [5.41, 5.74) is 0.0878. The summed E-state index contributed by atoms with van der Waals surface area (Å²) in [4.78, 5) is 22.2. The van der Waals surface area contributed by atoms with E-state index in [1.807, 2.05) is 24.3 Å². The van der Waals surface area contributed by atoms with E-state index in [-0.39, 0.29) is 17.2 Å². The minimum Gasteiger partial charge on any atom is -0.497 e. The van der Waals surface area contributed by atoms with Gasteiger partial charge in [0.25, 0.3) is 0 Å². The minimum absolute atomic E-state index is 0.0878. The molecule has 0 fully saturated rings. The van der Waals surface area contributed by atoms with Crippen molar-refractivity contribution in [2.45, 2.75) is 18.7 Å². The smallest absolute Gasteiger partial charge is 0.239 e. The zero-order valence-electron chi connectivity index (χ0n) is 17.7. The van der Waals surface area contributed by atoms with Gasteiger partial charge in [-0.1, -0.05) is 25.2 Å². The molecule has 0 unspecified atom stereocenters. The van der Waals surface area contributed by atoms with Crippen LogP contribution in [-0.4, -0.2) is 54.8 Å². The van der Waals surface area contributed by atoms with E-state index in [1.165, 1.54) is 17.8 Å². The molecule has 0 saturated carbocycles. The number of amides is 1. The average Bonchev–Trinajstić information content (AvgIpc) is 3.19. The van der Waals surface area contributed by atoms with Gasteiger partial charge in [-0.15, -0.1) is 11.8 Å². The number of methoxy groups -OCH3 is 1. The van der Waals surface area contributed by atoms with Crippen molar-refractivity contribution in [3.63, 3.8) is 0 Å². The van der Waals surface area contributed by atoms with Gasteiger partial charge in [-0.05, 0) is 43.4 Å². The average molecular weight is 466 g/mol. The second-order valence-corrected chi connectivity index (χ2v) is 8.83. The number of hydrogen-bond acceptors (Lipinski definition) is 6. The third kappa shape index (κ3) is 5.93. The molecule has 0 saturated heterocycles. The number of carbonyl (C=O) groups excluding carboxylic acids is 1. The normalized spacial score (nSPS) is 11.3. The maximum Gasteiger partial charge on any atom is 0.239 e. The zero-order valence-corrected chi connectivity index (χ0v) is 19.4. The molecule has 0 aliphatic rings. The van der Waals surface area contributed by atoms with Crippen LogP contribution < -0.4 is 9.64 Å². The van der Waals surface area contributed by atoms with Crippen LogP contribution in [0.25, 0.3) is 10.2 Å². The molecular weight excluding hydrogens is 440 g/mol. The summed E-state index contributed by atoms with van der Waals surface area (Å²) in [5.74, 6) is -0.553. The van der Waals surface area contributed by atoms with Crippen molar-refractivity contribution in [2.24, 2.45) is 0 Å². The highest BCUT2D eigenvalue weighted by Crippen LogP contribution is 2.32. The first kappa shape index (κ1) is 23.4. The number of benzene rings is 2. The second kappa shape index (κ2) is 10.9. The van der Waals surface area contributed by atoms with Crippen LogP contribution in [0.1, 0.15) is 13.8 Å². The van der Waals surface area contributed by atoms with Crippen LogP contribution in [0.5, 0.6) is 5.75 Å². The minimum atomic E-state index is -0.721. The molecule has 1 aromatic heterocycles. The number of fused-ring (bicyclic) bond motifs is 1. The van der Waals surface area contributed by atoms with Gasteiger partial charge in [0.15, 0.2) is 10.9 Å². The molecule has 0 bridgehead atoms. The lowest BCUT2D eigenvalue weighted by Crippen LogP contribution is -2.39. The summed E-state index contributed by atoms with van der Waals surface area (Å²) in [6.07, 6.45) is 0. The number of hydrogen-bond donors (Lipinski definition) is 0. The van der Waals surface area contributed by atoms with Crippen molar-refractivity contribution in [3.8, 4) is 5.75 Å². The number of rotatable bonds is 10. The molecule has 0 N–H and O–H groups in total. The number of nitrogens with zero attached hydrogens (tertiary/aromatic N) is 3. The third-order valence-corrected chi connectivity index (χ3v) is 6.91. The number of thioether (sulfide) groups is 1.